The van der Waals surface area contributed by atoms with Crippen LogP contribution in [0.4, 0.5) is 0 Å². The molecule has 0 saturated carbocycles. The van der Waals surface area contributed by atoms with E-state index < -0.39 is 5.60 Å². The summed E-state index contributed by atoms with van der Waals surface area (Å²) < 4.78 is 2.21. The third-order valence-electron chi connectivity index (χ3n) is 7.73. The fourth-order valence-electron chi connectivity index (χ4n) is 5.59. The molecule has 188 valence electrons. The minimum Gasteiger partial charge on any atom is -0.390 e. The highest BCUT2D eigenvalue weighted by molar-refractivity contribution is 5.34. The molecule has 36 heavy (non-hydrogen) atoms. The van der Waals surface area contributed by atoms with Gasteiger partial charge in [0.25, 0.3) is 0 Å². The Morgan fingerprint density at radius 2 is 1.44 bits per heavy atom. The van der Waals surface area contributed by atoms with Crippen LogP contribution in [-0.4, -0.2) is 20.3 Å². The molecule has 0 aliphatic heterocycles. The van der Waals surface area contributed by atoms with E-state index in [2.05, 4.69) is 104 Å². The van der Waals surface area contributed by atoms with Crippen LogP contribution in [0.5, 0.6) is 0 Å². The monoisotopic (exact) mass is 480 g/mol. The topological polar surface area (TPSA) is 38.1 Å². The van der Waals surface area contributed by atoms with E-state index >= 15 is 0 Å². The smallest absolute Gasteiger partial charge is 0.0951 e. The minimum absolute atomic E-state index is 0.281. The fraction of sp³-hybridized carbons (Fsp3) is 0.364. The van der Waals surface area contributed by atoms with Crippen molar-refractivity contribution in [2.45, 2.75) is 77.9 Å². The van der Waals surface area contributed by atoms with Crippen molar-refractivity contribution in [2.75, 3.05) is 0 Å². The third kappa shape index (κ3) is 6.53. The lowest BCUT2D eigenvalue weighted by Crippen LogP contribution is -2.32. The summed E-state index contributed by atoms with van der Waals surface area (Å²) in [5, 5.41) is 12.1. The standard InChI is InChI=1S/C33H40N2O/c1-25-11-8-9-16-31(25)28(4)21-33(36,20-18-32-26(2)12-10-13-27(32)3)19-17-30-22-34-24-35(30)23-29-14-6-5-7-15-29/h5-16,22,24,28,36H,17-21,23H2,1-4H3. The van der Waals surface area contributed by atoms with Gasteiger partial charge in [-0.1, -0.05) is 79.7 Å². The first-order valence-corrected chi connectivity index (χ1v) is 13.2. The number of aryl methyl sites for hydroxylation is 4. The molecular formula is C33H40N2O. The molecule has 0 aliphatic carbocycles. The second-order valence-corrected chi connectivity index (χ2v) is 10.6. The lowest BCUT2D eigenvalue weighted by Gasteiger charge is -2.32. The van der Waals surface area contributed by atoms with Crippen molar-refractivity contribution in [1.82, 2.24) is 9.55 Å². The Hall–Kier alpha value is -3.17. The molecule has 0 bridgehead atoms. The quantitative estimate of drug-likeness (QED) is 0.244. The van der Waals surface area contributed by atoms with Gasteiger partial charge in [0, 0.05) is 18.4 Å². The molecule has 1 aromatic heterocycles. The van der Waals surface area contributed by atoms with Gasteiger partial charge in [-0.3, -0.25) is 0 Å². The van der Waals surface area contributed by atoms with Gasteiger partial charge in [0.05, 0.1) is 11.9 Å². The Kier molecular flexibility index (Phi) is 8.43. The average molecular weight is 481 g/mol. The molecule has 1 heterocycles. The SMILES string of the molecule is Cc1ccccc1C(C)CC(O)(CCc1c(C)cccc1C)CCc1cncn1Cc1ccccc1. The van der Waals surface area contributed by atoms with Gasteiger partial charge in [-0.2, -0.15) is 0 Å². The van der Waals surface area contributed by atoms with Gasteiger partial charge in [-0.25, -0.2) is 4.98 Å². The number of imidazole rings is 1. The van der Waals surface area contributed by atoms with E-state index in [0.29, 0.717) is 6.42 Å². The van der Waals surface area contributed by atoms with E-state index in [0.717, 1.165) is 32.2 Å². The van der Waals surface area contributed by atoms with E-state index in [9.17, 15) is 5.11 Å². The molecule has 0 amide bonds. The molecule has 3 nitrogen and oxygen atoms in total. The molecule has 0 fully saturated rings. The summed E-state index contributed by atoms with van der Waals surface area (Å²) in [6, 6.07) is 25.5. The zero-order valence-corrected chi connectivity index (χ0v) is 22.2. The summed E-state index contributed by atoms with van der Waals surface area (Å²) in [5.41, 5.74) is 8.28. The molecule has 3 heteroatoms. The Labute approximate surface area is 216 Å². The summed E-state index contributed by atoms with van der Waals surface area (Å²) in [4.78, 5) is 4.44. The van der Waals surface area contributed by atoms with Crippen molar-refractivity contribution >= 4 is 0 Å². The van der Waals surface area contributed by atoms with Crippen molar-refractivity contribution in [3.63, 3.8) is 0 Å². The number of benzene rings is 3. The average Bonchev–Trinajstić information content (AvgIpc) is 3.30. The molecule has 3 aromatic carbocycles. The van der Waals surface area contributed by atoms with Crippen LogP contribution < -0.4 is 0 Å². The number of nitrogens with zero attached hydrogens (tertiary/aromatic N) is 2. The number of rotatable bonds is 11. The minimum atomic E-state index is -0.766. The van der Waals surface area contributed by atoms with Gasteiger partial charge < -0.3 is 9.67 Å². The summed E-state index contributed by atoms with van der Waals surface area (Å²) in [7, 11) is 0. The largest absolute Gasteiger partial charge is 0.390 e. The normalized spacial score (nSPS) is 13.9. The highest BCUT2D eigenvalue weighted by Gasteiger charge is 2.30. The van der Waals surface area contributed by atoms with Gasteiger partial charge in [-0.05, 0) is 92.2 Å². The molecule has 0 spiro atoms. The first-order valence-electron chi connectivity index (χ1n) is 13.2. The highest BCUT2D eigenvalue weighted by Crippen LogP contribution is 2.34. The van der Waals surface area contributed by atoms with E-state index in [1.165, 1.54) is 39.1 Å². The van der Waals surface area contributed by atoms with Gasteiger partial charge in [-0.15, -0.1) is 0 Å². The maximum atomic E-state index is 12.1. The van der Waals surface area contributed by atoms with E-state index in [1.807, 2.05) is 18.6 Å². The Balaban J connectivity index is 1.53. The van der Waals surface area contributed by atoms with Crippen LogP contribution in [0.2, 0.25) is 0 Å². The molecular weight excluding hydrogens is 440 g/mol. The van der Waals surface area contributed by atoms with Crippen molar-refractivity contribution in [3.8, 4) is 0 Å². The summed E-state index contributed by atoms with van der Waals surface area (Å²) in [5.74, 6) is 0.281. The number of hydrogen-bond donors (Lipinski definition) is 1. The molecule has 2 unspecified atom stereocenters. The lowest BCUT2D eigenvalue weighted by atomic mass is 9.79. The van der Waals surface area contributed by atoms with Crippen LogP contribution in [0.15, 0.2) is 85.3 Å². The molecule has 2 atom stereocenters. The second kappa shape index (κ2) is 11.7. The lowest BCUT2D eigenvalue weighted by molar-refractivity contribution is 0.00900. The van der Waals surface area contributed by atoms with Crippen molar-refractivity contribution in [2.24, 2.45) is 0 Å². The van der Waals surface area contributed by atoms with Crippen LogP contribution in [0.3, 0.4) is 0 Å². The van der Waals surface area contributed by atoms with E-state index in [1.54, 1.807) is 0 Å². The maximum Gasteiger partial charge on any atom is 0.0951 e. The van der Waals surface area contributed by atoms with Gasteiger partial charge >= 0.3 is 0 Å². The Bertz CT molecular complexity index is 1240. The highest BCUT2D eigenvalue weighted by atomic mass is 16.3. The Morgan fingerprint density at radius 3 is 2.17 bits per heavy atom. The first kappa shape index (κ1) is 25.9. The van der Waals surface area contributed by atoms with Crippen LogP contribution >= 0.6 is 0 Å². The van der Waals surface area contributed by atoms with E-state index in [-0.39, 0.29) is 5.92 Å². The number of hydrogen-bond acceptors (Lipinski definition) is 2. The summed E-state index contributed by atoms with van der Waals surface area (Å²) in [6.07, 6.45) is 7.77. The van der Waals surface area contributed by atoms with Crippen molar-refractivity contribution in [1.29, 1.82) is 0 Å². The third-order valence-corrected chi connectivity index (χ3v) is 7.73. The van der Waals surface area contributed by atoms with Gasteiger partial charge in [0.15, 0.2) is 0 Å². The number of aliphatic hydroxyl groups is 1. The summed E-state index contributed by atoms with van der Waals surface area (Å²) >= 11 is 0. The molecule has 0 saturated heterocycles. The number of aromatic nitrogens is 2. The molecule has 0 radical (unpaired) electrons. The second-order valence-electron chi connectivity index (χ2n) is 10.6. The molecule has 1 N–H and O–H groups in total. The zero-order valence-electron chi connectivity index (χ0n) is 22.2. The van der Waals surface area contributed by atoms with Crippen LogP contribution in [0.25, 0.3) is 0 Å². The predicted octanol–water partition coefficient (Wildman–Crippen LogP) is 7.35. The molecule has 0 aliphatic rings. The van der Waals surface area contributed by atoms with Crippen molar-refractivity contribution < 1.29 is 5.11 Å². The fourth-order valence-corrected chi connectivity index (χ4v) is 5.59. The van der Waals surface area contributed by atoms with Gasteiger partial charge in [0.1, 0.15) is 0 Å². The van der Waals surface area contributed by atoms with E-state index in [4.69, 9.17) is 0 Å². The van der Waals surface area contributed by atoms with Crippen LogP contribution in [0.1, 0.15) is 71.2 Å². The molecule has 4 aromatic rings. The maximum absolute atomic E-state index is 12.1. The van der Waals surface area contributed by atoms with Crippen LogP contribution in [0, 0.1) is 20.8 Å². The predicted molar refractivity (Wildman–Crippen MR) is 149 cm³/mol. The van der Waals surface area contributed by atoms with Crippen molar-refractivity contribution in [3.05, 3.63) is 124 Å². The molecule has 4 rings (SSSR count). The Morgan fingerprint density at radius 1 is 0.806 bits per heavy atom. The zero-order chi connectivity index (χ0) is 25.5. The van der Waals surface area contributed by atoms with Gasteiger partial charge in [0.2, 0.25) is 0 Å². The summed E-state index contributed by atoms with van der Waals surface area (Å²) in [6.45, 7) is 9.59. The first-order chi connectivity index (χ1) is 17.3. The van der Waals surface area contributed by atoms with Crippen LogP contribution in [-0.2, 0) is 19.4 Å².